The number of hydrogen-bond acceptors (Lipinski definition) is 3. The fourth-order valence-electron chi connectivity index (χ4n) is 3.99. The summed E-state index contributed by atoms with van der Waals surface area (Å²) in [6.07, 6.45) is 3.36. The first-order chi connectivity index (χ1) is 11.7. The Morgan fingerprint density at radius 1 is 1.29 bits per heavy atom. The van der Waals surface area contributed by atoms with E-state index in [-0.39, 0.29) is 29.7 Å². The van der Waals surface area contributed by atoms with Gasteiger partial charge in [-0.15, -0.1) is 0 Å². The van der Waals surface area contributed by atoms with Gasteiger partial charge in [0.2, 0.25) is 5.91 Å². The van der Waals surface area contributed by atoms with Crippen molar-refractivity contribution in [3.05, 3.63) is 35.6 Å². The number of nitrogens with zero attached hydrogens (tertiary/aromatic N) is 1. The van der Waals surface area contributed by atoms with E-state index in [0.29, 0.717) is 18.5 Å². The molecule has 0 radical (unpaired) electrons. The molecule has 0 bridgehead atoms. The summed E-state index contributed by atoms with van der Waals surface area (Å²) < 4.78 is 19.6. The molecule has 0 saturated carbocycles. The van der Waals surface area contributed by atoms with Crippen LogP contribution in [-0.4, -0.2) is 50.2 Å². The molecule has 2 fully saturated rings. The minimum absolute atomic E-state index is 0.0849. The van der Waals surface area contributed by atoms with Crippen molar-refractivity contribution >= 4 is 5.91 Å². The van der Waals surface area contributed by atoms with Crippen LogP contribution in [0, 0.1) is 17.7 Å². The second-order valence-corrected chi connectivity index (χ2v) is 6.93. The molecule has 132 valence electrons. The van der Waals surface area contributed by atoms with Crippen molar-refractivity contribution in [1.82, 2.24) is 10.2 Å². The van der Waals surface area contributed by atoms with E-state index in [9.17, 15) is 9.18 Å². The molecule has 2 atom stereocenters. The highest BCUT2D eigenvalue weighted by Gasteiger charge is 2.34. The van der Waals surface area contributed by atoms with Crippen molar-refractivity contribution in [3.63, 3.8) is 0 Å². The number of carbonyl (C=O) groups is 1. The standard InChI is InChI=1S/C19H27FN2O2/c1-24-18-8-11-22(19(23)14-6-9-21-10-7-14)13-16(18)12-15-4-2-3-5-17(15)20/h2-5,14,16,18,21H,6-13H2,1H3/t16-,18-/m1/s1. The van der Waals surface area contributed by atoms with Gasteiger partial charge in [-0.05, 0) is 50.4 Å². The lowest BCUT2D eigenvalue weighted by Crippen LogP contribution is -2.50. The first kappa shape index (κ1) is 17.4. The number of likely N-dealkylation sites (tertiary alicyclic amines) is 1. The predicted octanol–water partition coefficient (Wildman–Crippen LogP) is 2.23. The summed E-state index contributed by atoms with van der Waals surface area (Å²) in [5, 5.41) is 3.30. The third kappa shape index (κ3) is 3.95. The van der Waals surface area contributed by atoms with Gasteiger partial charge >= 0.3 is 0 Å². The van der Waals surface area contributed by atoms with Gasteiger partial charge in [0.05, 0.1) is 6.10 Å². The van der Waals surface area contributed by atoms with Crippen LogP contribution in [0.1, 0.15) is 24.8 Å². The van der Waals surface area contributed by atoms with Crippen LogP contribution in [0.15, 0.2) is 24.3 Å². The number of piperidine rings is 2. The molecular formula is C19H27FN2O2. The van der Waals surface area contributed by atoms with E-state index in [0.717, 1.165) is 38.9 Å². The second kappa shape index (κ2) is 8.08. The third-order valence-electron chi connectivity index (χ3n) is 5.41. The van der Waals surface area contributed by atoms with Crippen LogP contribution in [0.2, 0.25) is 0 Å². The molecule has 4 nitrogen and oxygen atoms in total. The monoisotopic (exact) mass is 334 g/mol. The predicted molar refractivity (Wildman–Crippen MR) is 91.2 cm³/mol. The quantitative estimate of drug-likeness (QED) is 0.918. The first-order valence-corrected chi connectivity index (χ1v) is 8.94. The van der Waals surface area contributed by atoms with Crippen molar-refractivity contribution in [2.45, 2.75) is 31.8 Å². The average Bonchev–Trinajstić information content (AvgIpc) is 2.63. The molecular weight excluding hydrogens is 307 g/mol. The zero-order valence-electron chi connectivity index (χ0n) is 14.3. The molecule has 1 aromatic carbocycles. The van der Waals surface area contributed by atoms with E-state index >= 15 is 0 Å². The van der Waals surface area contributed by atoms with Crippen LogP contribution in [-0.2, 0) is 16.0 Å². The second-order valence-electron chi connectivity index (χ2n) is 6.93. The Balaban J connectivity index is 1.67. The number of halogens is 1. The number of methoxy groups -OCH3 is 1. The van der Waals surface area contributed by atoms with Gasteiger partial charge in [0.15, 0.2) is 0 Å². The van der Waals surface area contributed by atoms with E-state index in [1.165, 1.54) is 6.07 Å². The molecule has 2 aliphatic rings. The van der Waals surface area contributed by atoms with Crippen LogP contribution in [0.5, 0.6) is 0 Å². The Morgan fingerprint density at radius 3 is 2.75 bits per heavy atom. The van der Waals surface area contributed by atoms with Crippen LogP contribution < -0.4 is 5.32 Å². The highest BCUT2D eigenvalue weighted by molar-refractivity contribution is 5.79. The lowest BCUT2D eigenvalue weighted by atomic mass is 9.87. The number of hydrogen-bond donors (Lipinski definition) is 1. The molecule has 2 heterocycles. The molecule has 0 aromatic heterocycles. The Kier molecular flexibility index (Phi) is 5.85. The Hall–Kier alpha value is -1.46. The van der Waals surface area contributed by atoms with Gasteiger partial charge in [-0.1, -0.05) is 18.2 Å². The summed E-state index contributed by atoms with van der Waals surface area (Å²) in [5.41, 5.74) is 0.709. The number of carbonyl (C=O) groups excluding carboxylic acids is 1. The third-order valence-corrected chi connectivity index (χ3v) is 5.41. The van der Waals surface area contributed by atoms with Gasteiger partial charge < -0.3 is 15.0 Å². The van der Waals surface area contributed by atoms with E-state index in [1.54, 1.807) is 13.2 Å². The maximum absolute atomic E-state index is 14.0. The zero-order chi connectivity index (χ0) is 16.9. The summed E-state index contributed by atoms with van der Waals surface area (Å²) in [6, 6.07) is 6.90. The van der Waals surface area contributed by atoms with E-state index in [2.05, 4.69) is 5.32 Å². The molecule has 2 aliphatic heterocycles. The van der Waals surface area contributed by atoms with Crippen molar-refractivity contribution in [3.8, 4) is 0 Å². The molecule has 1 amide bonds. The normalized spacial score (nSPS) is 25.7. The van der Waals surface area contributed by atoms with Gasteiger partial charge in [0, 0.05) is 32.0 Å². The Morgan fingerprint density at radius 2 is 2.04 bits per heavy atom. The van der Waals surface area contributed by atoms with Gasteiger partial charge in [0.25, 0.3) is 0 Å². The first-order valence-electron chi connectivity index (χ1n) is 8.94. The fraction of sp³-hybridized carbons (Fsp3) is 0.632. The molecule has 1 N–H and O–H groups in total. The highest BCUT2D eigenvalue weighted by Crippen LogP contribution is 2.27. The minimum Gasteiger partial charge on any atom is -0.381 e. The molecule has 0 aliphatic carbocycles. The van der Waals surface area contributed by atoms with Gasteiger partial charge in [-0.3, -0.25) is 4.79 Å². The van der Waals surface area contributed by atoms with Crippen LogP contribution in [0.3, 0.4) is 0 Å². The maximum atomic E-state index is 14.0. The number of nitrogens with one attached hydrogen (secondary N) is 1. The topological polar surface area (TPSA) is 41.6 Å². The molecule has 1 aromatic rings. The summed E-state index contributed by atoms with van der Waals surface area (Å²) in [5.74, 6) is 0.379. The van der Waals surface area contributed by atoms with E-state index in [1.807, 2.05) is 17.0 Å². The van der Waals surface area contributed by atoms with Gasteiger partial charge in [0.1, 0.15) is 5.82 Å². The minimum atomic E-state index is -0.172. The van der Waals surface area contributed by atoms with Crippen molar-refractivity contribution < 1.29 is 13.9 Å². The lowest BCUT2D eigenvalue weighted by Gasteiger charge is -2.40. The number of ether oxygens (including phenoxy) is 1. The molecule has 0 unspecified atom stereocenters. The largest absolute Gasteiger partial charge is 0.381 e. The smallest absolute Gasteiger partial charge is 0.225 e. The molecule has 24 heavy (non-hydrogen) atoms. The summed E-state index contributed by atoms with van der Waals surface area (Å²) >= 11 is 0. The lowest BCUT2D eigenvalue weighted by molar-refractivity contribution is -0.140. The summed E-state index contributed by atoms with van der Waals surface area (Å²) in [7, 11) is 1.71. The molecule has 2 saturated heterocycles. The van der Waals surface area contributed by atoms with Crippen LogP contribution in [0.25, 0.3) is 0 Å². The highest BCUT2D eigenvalue weighted by atomic mass is 19.1. The van der Waals surface area contributed by atoms with Crippen LogP contribution in [0.4, 0.5) is 4.39 Å². The summed E-state index contributed by atoms with van der Waals surface area (Å²) in [4.78, 5) is 14.8. The van der Waals surface area contributed by atoms with Crippen molar-refractivity contribution in [2.75, 3.05) is 33.3 Å². The number of amides is 1. The molecule has 3 rings (SSSR count). The SMILES string of the molecule is CO[C@@H]1CCN(C(=O)C2CCNCC2)C[C@H]1Cc1ccccc1F. The number of benzene rings is 1. The van der Waals surface area contributed by atoms with Gasteiger partial charge in [-0.25, -0.2) is 4.39 Å². The number of rotatable bonds is 4. The fourth-order valence-corrected chi connectivity index (χ4v) is 3.99. The van der Waals surface area contributed by atoms with Crippen molar-refractivity contribution in [1.29, 1.82) is 0 Å². The van der Waals surface area contributed by atoms with Crippen LogP contribution >= 0.6 is 0 Å². The molecule has 0 spiro atoms. The maximum Gasteiger partial charge on any atom is 0.225 e. The van der Waals surface area contributed by atoms with Crippen molar-refractivity contribution in [2.24, 2.45) is 11.8 Å². The summed E-state index contributed by atoms with van der Waals surface area (Å²) in [6.45, 7) is 3.25. The van der Waals surface area contributed by atoms with E-state index in [4.69, 9.17) is 4.74 Å². The van der Waals surface area contributed by atoms with E-state index < -0.39 is 0 Å². The molecule has 5 heteroatoms. The van der Waals surface area contributed by atoms with Gasteiger partial charge in [-0.2, -0.15) is 0 Å². The Labute approximate surface area is 143 Å². The Bertz CT molecular complexity index is 560. The average molecular weight is 334 g/mol. The zero-order valence-corrected chi connectivity index (χ0v) is 14.3.